The molecule has 1 N–H and O–H groups in total. The van der Waals surface area contributed by atoms with Gasteiger partial charge < -0.3 is 10.1 Å². The molecule has 1 fully saturated rings. The number of carbonyl (C=O) groups is 1. The number of hydrogen-bond acceptors (Lipinski definition) is 4. The lowest BCUT2D eigenvalue weighted by molar-refractivity contribution is -0.115. The first-order chi connectivity index (χ1) is 9.52. The van der Waals surface area contributed by atoms with Crippen LogP contribution in [0.1, 0.15) is 5.56 Å². The molecule has 0 aromatic heterocycles. The van der Waals surface area contributed by atoms with Gasteiger partial charge in [-0.3, -0.25) is 4.79 Å². The molecule has 20 heavy (non-hydrogen) atoms. The Kier molecular flexibility index (Phi) is 3.77. The molecule has 7 heteroatoms. The van der Waals surface area contributed by atoms with E-state index in [1.807, 2.05) is 6.08 Å². The highest BCUT2D eigenvalue weighted by molar-refractivity contribution is 8.26. The fourth-order valence-corrected chi connectivity index (χ4v) is 3.53. The average Bonchev–Trinajstić information content (AvgIpc) is 2.67. The number of rotatable bonds is 1. The summed E-state index contributed by atoms with van der Waals surface area (Å²) in [7, 11) is 0. The summed E-state index contributed by atoms with van der Waals surface area (Å²) in [5.41, 5.74) is 1.66. The molecule has 1 aromatic carbocycles. The Bertz CT molecular complexity index is 698. The molecule has 1 aromatic rings. The van der Waals surface area contributed by atoms with Crippen LogP contribution in [0.5, 0.6) is 5.75 Å². The molecule has 1 saturated heterocycles. The molecule has 0 radical (unpaired) electrons. The number of ether oxygens (including phenoxy) is 1. The highest BCUT2D eigenvalue weighted by Gasteiger charge is 2.23. The summed E-state index contributed by atoms with van der Waals surface area (Å²) < 4.78 is 6.08. The maximum atomic E-state index is 11.6. The fourth-order valence-electron chi connectivity index (χ4n) is 1.91. The van der Waals surface area contributed by atoms with Gasteiger partial charge in [0.25, 0.3) is 5.91 Å². The largest absolute Gasteiger partial charge is 0.487 e. The molecule has 102 valence electrons. The Morgan fingerprint density at radius 3 is 2.90 bits per heavy atom. The summed E-state index contributed by atoms with van der Waals surface area (Å²) in [6, 6.07) is 3.41. The SMILES string of the molecule is O=C1NC(=S)S/C1=C\C1=Cc2cc(Cl)cc(Cl)c2OC1. The molecule has 2 aliphatic rings. The van der Waals surface area contributed by atoms with Crippen LogP contribution in [0.25, 0.3) is 6.08 Å². The van der Waals surface area contributed by atoms with E-state index in [9.17, 15) is 4.79 Å². The summed E-state index contributed by atoms with van der Waals surface area (Å²) in [6.07, 6.45) is 3.66. The van der Waals surface area contributed by atoms with Crippen molar-refractivity contribution in [1.82, 2.24) is 5.32 Å². The Morgan fingerprint density at radius 2 is 2.20 bits per heavy atom. The summed E-state index contributed by atoms with van der Waals surface area (Å²) >= 11 is 18.2. The zero-order valence-electron chi connectivity index (χ0n) is 9.91. The van der Waals surface area contributed by atoms with Crippen molar-refractivity contribution >= 4 is 63.5 Å². The number of thioether (sulfide) groups is 1. The van der Waals surface area contributed by atoms with E-state index in [0.29, 0.717) is 31.6 Å². The maximum Gasteiger partial charge on any atom is 0.263 e. The van der Waals surface area contributed by atoms with Crippen molar-refractivity contribution in [1.29, 1.82) is 0 Å². The first-order valence-electron chi connectivity index (χ1n) is 5.60. The van der Waals surface area contributed by atoms with Gasteiger partial charge in [0.05, 0.1) is 9.93 Å². The van der Waals surface area contributed by atoms with Crippen LogP contribution in [0, 0.1) is 0 Å². The Morgan fingerprint density at radius 1 is 1.40 bits per heavy atom. The molecule has 2 aliphatic heterocycles. The molecule has 0 spiro atoms. The number of benzene rings is 1. The number of amides is 1. The van der Waals surface area contributed by atoms with Gasteiger partial charge in [0, 0.05) is 10.6 Å². The number of carbonyl (C=O) groups excluding carboxylic acids is 1. The standard InChI is InChI=1S/C13H7Cl2NO2S2/c14-8-3-7-1-6(5-18-11(7)9(15)4-8)2-10-12(17)16-13(19)20-10/h1-4H,5H2,(H,16,17,19)/b10-2-. The van der Waals surface area contributed by atoms with Crippen molar-refractivity contribution in [3.8, 4) is 5.75 Å². The van der Waals surface area contributed by atoms with E-state index in [-0.39, 0.29) is 5.91 Å². The van der Waals surface area contributed by atoms with Crippen LogP contribution in [0.15, 0.2) is 28.7 Å². The van der Waals surface area contributed by atoms with Gasteiger partial charge >= 0.3 is 0 Å². The topological polar surface area (TPSA) is 38.3 Å². The minimum atomic E-state index is -0.184. The first kappa shape index (κ1) is 13.9. The van der Waals surface area contributed by atoms with Crippen molar-refractivity contribution in [3.63, 3.8) is 0 Å². The van der Waals surface area contributed by atoms with E-state index in [0.717, 1.165) is 11.1 Å². The molecule has 3 rings (SSSR count). The van der Waals surface area contributed by atoms with Crippen molar-refractivity contribution in [2.24, 2.45) is 0 Å². The van der Waals surface area contributed by atoms with E-state index >= 15 is 0 Å². The van der Waals surface area contributed by atoms with Gasteiger partial charge in [-0.05, 0) is 29.9 Å². The molecular formula is C13H7Cl2NO2S2. The molecule has 0 aliphatic carbocycles. The van der Waals surface area contributed by atoms with Crippen LogP contribution in [-0.2, 0) is 4.79 Å². The second-order valence-corrected chi connectivity index (χ2v) is 6.73. The van der Waals surface area contributed by atoms with Crippen LogP contribution in [0.3, 0.4) is 0 Å². The molecule has 0 atom stereocenters. The van der Waals surface area contributed by atoms with Crippen molar-refractivity contribution in [2.75, 3.05) is 6.61 Å². The third kappa shape index (κ3) is 2.72. The lowest BCUT2D eigenvalue weighted by Gasteiger charge is -2.17. The summed E-state index contributed by atoms with van der Waals surface area (Å²) in [5.74, 6) is 0.424. The predicted molar refractivity (Wildman–Crippen MR) is 86.3 cm³/mol. The Labute approximate surface area is 135 Å². The Balaban J connectivity index is 1.97. The summed E-state index contributed by atoms with van der Waals surface area (Å²) in [6.45, 7) is 0.346. The number of thiocarbonyl (C=S) groups is 1. The zero-order chi connectivity index (χ0) is 14.3. The fraction of sp³-hybridized carbons (Fsp3) is 0.0769. The Hall–Kier alpha value is -1.01. The van der Waals surface area contributed by atoms with E-state index in [2.05, 4.69) is 5.32 Å². The van der Waals surface area contributed by atoms with Crippen molar-refractivity contribution in [3.05, 3.63) is 44.3 Å². The van der Waals surface area contributed by atoms with Crippen LogP contribution in [0.2, 0.25) is 10.0 Å². The summed E-state index contributed by atoms with van der Waals surface area (Å²) in [5, 5.41) is 3.59. The third-order valence-corrected chi connectivity index (χ3v) is 4.38. The number of nitrogens with one attached hydrogen (secondary N) is 1. The first-order valence-corrected chi connectivity index (χ1v) is 7.58. The minimum absolute atomic E-state index is 0.184. The van der Waals surface area contributed by atoms with Crippen molar-refractivity contribution < 1.29 is 9.53 Å². The second-order valence-electron chi connectivity index (χ2n) is 4.17. The lowest BCUT2D eigenvalue weighted by atomic mass is 10.1. The smallest absolute Gasteiger partial charge is 0.263 e. The van der Waals surface area contributed by atoms with Crippen LogP contribution in [-0.4, -0.2) is 16.8 Å². The highest BCUT2D eigenvalue weighted by atomic mass is 35.5. The number of hydrogen-bond donors (Lipinski definition) is 1. The van der Waals surface area contributed by atoms with Crippen molar-refractivity contribution in [2.45, 2.75) is 0 Å². The number of fused-ring (bicyclic) bond motifs is 1. The monoisotopic (exact) mass is 343 g/mol. The maximum absolute atomic E-state index is 11.6. The molecule has 1 amide bonds. The predicted octanol–water partition coefficient (Wildman–Crippen LogP) is 3.80. The molecule has 3 nitrogen and oxygen atoms in total. The molecule has 0 bridgehead atoms. The second kappa shape index (κ2) is 5.41. The van der Waals surface area contributed by atoms with Gasteiger partial charge in [0.15, 0.2) is 0 Å². The van der Waals surface area contributed by atoms with Crippen LogP contribution < -0.4 is 10.1 Å². The van der Waals surface area contributed by atoms with Gasteiger partial charge in [-0.25, -0.2) is 0 Å². The van der Waals surface area contributed by atoms with Gasteiger partial charge in [-0.2, -0.15) is 0 Å². The highest BCUT2D eigenvalue weighted by Crippen LogP contribution is 2.37. The zero-order valence-corrected chi connectivity index (χ0v) is 13.1. The molecule has 0 unspecified atom stereocenters. The average molecular weight is 344 g/mol. The quantitative estimate of drug-likeness (QED) is 0.621. The van der Waals surface area contributed by atoms with E-state index in [4.69, 9.17) is 40.2 Å². The van der Waals surface area contributed by atoms with Gasteiger partial charge in [-0.1, -0.05) is 47.2 Å². The normalized spacial score (nSPS) is 19.5. The molecular weight excluding hydrogens is 337 g/mol. The lowest BCUT2D eigenvalue weighted by Crippen LogP contribution is -2.18. The molecule has 0 saturated carbocycles. The summed E-state index contributed by atoms with van der Waals surface area (Å²) in [4.78, 5) is 12.2. The van der Waals surface area contributed by atoms with Gasteiger partial charge in [0.1, 0.15) is 16.7 Å². The van der Waals surface area contributed by atoms with Gasteiger partial charge in [0.2, 0.25) is 0 Å². The van der Waals surface area contributed by atoms with Crippen LogP contribution >= 0.6 is 47.2 Å². The van der Waals surface area contributed by atoms with Crippen LogP contribution in [0.4, 0.5) is 0 Å². The van der Waals surface area contributed by atoms with E-state index in [1.165, 1.54) is 11.8 Å². The third-order valence-electron chi connectivity index (χ3n) is 2.72. The van der Waals surface area contributed by atoms with E-state index in [1.54, 1.807) is 18.2 Å². The minimum Gasteiger partial charge on any atom is -0.487 e. The molecule has 2 heterocycles. The number of halogens is 2. The van der Waals surface area contributed by atoms with E-state index < -0.39 is 0 Å². The van der Waals surface area contributed by atoms with Gasteiger partial charge in [-0.15, -0.1) is 0 Å².